The molecule has 0 aliphatic rings. The molecule has 0 aliphatic carbocycles. The summed E-state index contributed by atoms with van der Waals surface area (Å²) in [6.45, 7) is 1.85. The van der Waals surface area contributed by atoms with E-state index in [1.807, 2.05) is 37.3 Å². The normalized spacial score (nSPS) is 11.5. The van der Waals surface area contributed by atoms with Gasteiger partial charge in [-0.2, -0.15) is 0 Å². The van der Waals surface area contributed by atoms with Gasteiger partial charge in [0.1, 0.15) is 17.6 Å². The van der Waals surface area contributed by atoms with Gasteiger partial charge < -0.3 is 15.0 Å². The van der Waals surface area contributed by atoms with Crippen molar-refractivity contribution in [3.8, 4) is 5.75 Å². The summed E-state index contributed by atoms with van der Waals surface area (Å²) < 4.78 is 20.1. The molecule has 0 aromatic heterocycles. The zero-order valence-corrected chi connectivity index (χ0v) is 19.1. The molecule has 0 spiro atoms. The monoisotopic (exact) mass is 468 g/mol. The number of rotatable bonds is 10. The minimum Gasteiger partial charge on any atom is -0.484 e. The lowest BCUT2D eigenvalue weighted by molar-refractivity contribution is -0.142. The standard InChI is InChI=1S/C26H26ClFN2O3/c1-2-29-26(32)24(16-19-8-4-3-5-9-19)30(17-20-10-6-7-11-23(20)28)25(31)18-33-22-14-12-21(27)13-15-22/h3-15,24H,2,16-18H2,1H3,(H,29,32). The second kappa shape index (κ2) is 12.0. The highest BCUT2D eigenvalue weighted by atomic mass is 35.5. The summed E-state index contributed by atoms with van der Waals surface area (Å²) in [5.74, 6) is -0.711. The number of amides is 2. The van der Waals surface area contributed by atoms with Crippen LogP contribution in [0.5, 0.6) is 5.75 Å². The van der Waals surface area contributed by atoms with Crippen LogP contribution in [0.25, 0.3) is 0 Å². The molecule has 0 saturated heterocycles. The van der Waals surface area contributed by atoms with Crippen LogP contribution in [0.3, 0.4) is 0 Å². The second-order valence-corrected chi connectivity index (χ2v) is 7.89. The average molecular weight is 469 g/mol. The molecule has 7 heteroatoms. The molecule has 0 saturated carbocycles. The summed E-state index contributed by atoms with van der Waals surface area (Å²) in [7, 11) is 0. The lowest BCUT2D eigenvalue weighted by atomic mass is 10.0. The van der Waals surface area contributed by atoms with Gasteiger partial charge in [0.05, 0.1) is 0 Å². The minimum absolute atomic E-state index is 0.0654. The Morgan fingerprint density at radius 2 is 1.67 bits per heavy atom. The first-order chi connectivity index (χ1) is 16.0. The van der Waals surface area contributed by atoms with Gasteiger partial charge in [-0.1, -0.05) is 60.1 Å². The molecular formula is C26H26ClFN2O3. The van der Waals surface area contributed by atoms with Gasteiger partial charge in [-0.3, -0.25) is 9.59 Å². The van der Waals surface area contributed by atoms with Crippen LogP contribution in [0.2, 0.25) is 5.02 Å². The van der Waals surface area contributed by atoms with E-state index in [1.165, 1.54) is 11.0 Å². The SMILES string of the molecule is CCNC(=O)C(Cc1ccccc1)N(Cc1ccccc1F)C(=O)COc1ccc(Cl)cc1. The highest BCUT2D eigenvalue weighted by molar-refractivity contribution is 6.30. The maximum absolute atomic E-state index is 14.5. The fourth-order valence-electron chi connectivity index (χ4n) is 3.41. The number of likely N-dealkylation sites (N-methyl/N-ethyl adjacent to an activating group) is 1. The highest BCUT2D eigenvalue weighted by Gasteiger charge is 2.31. The van der Waals surface area contributed by atoms with E-state index in [0.29, 0.717) is 22.9 Å². The van der Waals surface area contributed by atoms with Crippen LogP contribution in [-0.2, 0) is 22.6 Å². The van der Waals surface area contributed by atoms with Gasteiger partial charge in [0.15, 0.2) is 6.61 Å². The van der Waals surface area contributed by atoms with Crippen LogP contribution in [0.4, 0.5) is 4.39 Å². The molecule has 5 nitrogen and oxygen atoms in total. The predicted octanol–water partition coefficient (Wildman–Crippen LogP) is 4.63. The summed E-state index contributed by atoms with van der Waals surface area (Å²) in [5, 5.41) is 3.35. The number of benzene rings is 3. The molecule has 33 heavy (non-hydrogen) atoms. The van der Waals surface area contributed by atoms with E-state index < -0.39 is 17.8 Å². The fraction of sp³-hybridized carbons (Fsp3) is 0.231. The Labute approximate surface area is 198 Å². The third-order valence-electron chi connectivity index (χ3n) is 5.10. The summed E-state index contributed by atoms with van der Waals surface area (Å²) in [6.07, 6.45) is 0.286. The van der Waals surface area contributed by atoms with Crippen LogP contribution in [0.1, 0.15) is 18.1 Å². The summed E-state index contributed by atoms with van der Waals surface area (Å²) in [4.78, 5) is 27.7. The van der Waals surface area contributed by atoms with E-state index >= 15 is 0 Å². The summed E-state index contributed by atoms with van der Waals surface area (Å²) in [5.41, 5.74) is 1.21. The van der Waals surface area contributed by atoms with Crippen molar-refractivity contribution in [2.75, 3.05) is 13.2 Å². The van der Waals surface area contributed by atoms with Gasteiger partial charge in [0.2, 0.25) is 5.91 Å². The molecule has 0 aliphatic heterocycles. The predicted molar refractivity (Wildman–Crippen MR) is 127 cm³/mol. The van der Waals surface area contributed by atoms with Crippen LogP contribution >= 0.6 is 11.6 Å². The average Bonchev–Trinajstić information content (AvgIpc) is 2.82. The smallest absolute Gasteiger partial charge is 0.261 e. The Bertz CT molecular complexity index is 1060. The fourth-order valence-corrected chi connectivity index (χ4v) is 3.54. The lowest BCUT2D eigenvalue weighted by Crippen LogP contribution is -2.51. The maximum atomic E-state index is 14.5. The molecule has 2 amide bonds. The van der Waals surface area contributed by atoms with E-state index in [9.17, 15) is 14.0 Å². The first-order valence-electron chi connectivity index (χ1n) is 10.7. The van der Waals surface area contributed by atoms with Crippen molar-refractivity contribution in [3.05, 3.63) is 101 Å². The summed E-state index contributed by atoms with van der Waals surface area (Å²) >= 11 is 5.90. The molecule has 1 unspecified atom stereocenters. The van der Waals surface area contributed by atoms with Crippen molar-refractivity contribution < 1.29 is 18.7 Å². The zero-order chi connectivity index (χ0) is 23.6. The molecule has 0 radical (unpaired) electrons. The first-order valence-corrected chi connectivity index (χ1v) is 11.1. The molecule has 3 aromatic carbocycles. The Balaban J connectivity index is 1.89. The molecule has 1 atom stereocenters. The number of carbonyl (C=O) groups excluding carboxylic acids is 2. The molecule has 0 heterocycles. The molecule has 3 rings (SSSR count). The number of hydrogen-bond acceptors (Lipinski definition) is 3. The van der Waals surface area contributed by atoms with Crippen LogP contribution in [-0.4, -0.2) is 35.9 Å². The second-order valence-electron chi connectivity index (χ2n) is 7.46. The molecule has 0 bridgehead atoms. The molecular weight excluding hydrogens is 443 g/mol. The topological polar surface area (TPSA) is 58.6 Å². The molecule has 0 fully saturated rings. The number of ether oxygens (including phenoxy) is 1. The number of nitrogens with one attached hydrogen (secondary N) is 1. The van der Waals surface area contributed by atoms with Gasteiger partial charge in [0.25, 0.3) is 5.91 Å². The molecule has 172 valence electrons. The van der Waals surface area contributed by atoms with E-state index in [4.69, 9.17) is 16.3 Å². The Morgan fingerprint density at radius 1 is 1.00 bits per heavy atom. The van der Waals surface area contributed by atoms with Crippen LogP contribution < -0.4 is 10.1 Å². The van der Waals surface area contributed by atoms with Crippen molar-refractivity contribution in [3.63, 3.8) is 0 Å². The van der Waals surface area contributed by atoms with E-state index in [0.717, 1.165) is 5.56 Å². The molecule has 3 aromatic rings. The maximum Gasteiger partial charge on any atom is 0.261 e. The number of nitrogens with zero attached hydrogens (tertiary/aromatic N) is 1. The number of halogens is 2. The van der Waals surface area contributed by atoms with E-state index in [2.05, 4.69) is 5.32 Å². The third kappa shape index (κ3) is 7.05. The first kappa shape index (κ1) is 24.3. The minimum atomic E-state index is -0.840. The zero-order valence-electron chi connectivity index (χ0n) is 18.3. The van der Waals surface area contributed by atoms with Crippen molar-refractivity contribution in [2.24, 2.45) is 0 Å². The van der Waals surface area contributed by atoms with E-state index in [1.54, 1.807) is 42.5 Å². The van der Waals surface area contributed by atoms with Crippen LogP contribution in [0, 0.1) is 5.82 Å². The molecule has 1 N–H and O–H groups in total. The van der Waals surface area contributed by atoms with Crippen molar-refractivity contribution in [1.82, 2.24) is 10.2 Å². The Hall–Kier alpha value is -3.38. The number of carbonyl (C=O) groups is 2. The van der Waals surface area contributed by atoms with Gasteiger partial charge in [-0.15, -0.1) is 0 Å². The highest BCUT2D eigenvalue weighted by Crippen LogP contribution is 2.19. The van der Waals surface area contributed by atoms with Gasteiger partial charge in [0, 0.05) is 30.1 Å². The van der Waals surface area contributed by atoms with Crippen molar-refractivity contribution in [1.29, 1.82) is 0 Å². The number of hydrogen-bond donors (Lipinski definition) is 1. The van der Waals surface area contributed by atoms with Crippen molar-refractivity contribution in [2.45, 2.75) is 25.9 Å². The third-order valence-corrected chi connectivity index (χ3v) is 5.35. The quantitative estimate of drug-likeness (QED) is 0.472. The van der Waals surface area contributed by atoms with Gasteiger partial charge >= 0.3 is 0 Å². The Kier molecular flexibility index (Phi) is 8.84. The van der Waals surface area contributed by atoms with E-state index in [-0.39, 0.29) is 25.5 Å². The lowest BCUT2D eigenvalue weighted by Gasteiger charge is -2.31. The van der Waals surface area contributed by atoms with Crippen molar-refractivity contribution >= 4 is 23.4 Å². The van der Waals surface area contributed by atoms with Gasteiger partial charge in [-0.05, 0) is 42.8 Å². The van der Waals surface area contributed by atoms with Gasteiger partial charge in [-0.25, -0.2) is 4.39 Å². The Morgan fingerprint density at radius 3 is 2.33 bits per heavy atom. The van der Waals surface area contributed by atoms with Crippen LogP contribution in [0.15, 0.2) is 78.9 Å². The summed E-state index contributed by atoms with van der Waals surface area (Å²) in [6, 6.07) is 21.4. The largest absolute Gasteiger partial charge is 0.484 e.